The highest BCUT2D eigenvalue weighted by Gasteiger charge is 2.03. The average Bonchev–Trinajstić information content (AvgIpc) is 2.52. The number of hydrogen-bond donors (Lipinski definition) is 1. The Balaban J connectivity index is 2.44. The molecule has 0 saturated carbocycles. The number of aromatic nitrogens is 1. The fourth-order valence-electron chi connectivity index (χ4n) is 1.25. The van der Waals surface area contributed by atoms with Crippen LogP contribution >= 0.6 is 11.3 Å². The van der Waals surface area contributed by atoms with Gasteiger partial charge in [-0.1, -0.05) is 20.3 Å². The second-order valence-corrected chi connectivity index (χ2v) is 4.19. The molecule has 74 valence electrons. The molecule has 3 heteroatoms. The van der Waals surface area contributed by atoms with Crippen LogP contribution in [0.5, 0.6) is 0 Å². The summed E-state index contributed by atoms with van der Waals surface area (Å²) in [6.07, 6.45) is 3.46. The lowest BCUT2D eigenvalue weighted by Crippen LogP contribution is -2.14. The Bertz CT molecular complexity index is 245. The highest BCUT2D eigenvalue weighted by atomic mass is 32.1. The van der Waals surface area contributed by atoms with Gasteiger partial charge in [-0.2, -0.15) is 0 Å². The molecule has 1 rings (SSSR count). The van der Waals surface area contributed by atoms with Crippen molar-refractivity contribution in [1.82, 2.24) is 4.98 Å². The van der Waals surface area contributed by atoms with E-state index in [1.807, 2.05) is 0 Å². The number of anilines is 1. The molecule has 1 unspecified atom stereocenters. The largest absolute Gasteiger partial charge is 0.359 e. The molecule has 0 spiro atoms. The van der Waals surface area contributed by atoms with Gasteiger partial charge in [0.15, 0.2) is 5.13 Å². The Morgan fingerprint density at radius 2 is 2.31 bits per heavy atom. The van der Waals surface area contributed by atoms with E-state index in [1.165, 1.54) is 18.5 Å². The lowest BCUT2D eigenvalue weighted by atomic mass is 10.2. The summed E-state index contributed by atoms with van der Waals surface area (Å²) >= 11 is 1.71. The Kier molecular flexibility index (Phi) is 4.22. The van der Waals surface area contributed by atoms with Crippen molar-refractivity contribution in [3.05, 3.63) is 11.1 Å². The number of aryl methyl sites for hydroxylation is 1. The molecule has 0 aliphatic rings. The first kappa shape index (κ1) is 10.5. The van der Waals surface area contributed by atoms with Gasteiger partial charge in [-0.25, -0.2) is 4.98 Å². The van der Waals surface area contributed by atoms with Crippen molar-refractivity contribution in [3.8, 4) is 0 Å². The summed E-state index contributed by atoms with van der Waals surface area (Å²) in [5, 5.41) is 6.60. The lowest BCUT2D eigenvalue weighted by molar-refractivity contribution is 0.689. The van der Waals surface area contributed by atoms with Gasteiger partial charge in [0.2, 0.25) is 0 Å². The smallest absolute Gasteiger partial charge is 0.183 e. The third kappa shape index (κ3) is 3.35. The van der Waals surface area contributed by atoms with Crippen LogP contribution in [-0.2, 0) is 6.42 Å². The van der Waals surface area contributed by atoms with Gasteiger partial charge in [-0.05, 0) is 19.8 Å². The molecule has 0 aliphatic carbocycles. The Morgan fingerprint density at radius 1 is 1.54 bits per heavy atom. The van der Waals surface area contributed by atoms with Crippen LogP contribution in [-0.4, -0.2) is 11.0 Å². The molecule has 1 N–H and O–H groups in total. The van der Waals surface area contributed by atoms with Crippen LogP contribution in [0, 0.1) is 0 Å². The molecule has 2 nitrogen and oxygen atoms in total. The maximum atomic E-state index is 4.46. The molecule has 1 atom stereocenters. The Morgan fingerprint density at radius 3 is 2.85 bits per heavy atom. The maximum Gasteiger partial charge on any atom is 0.183 e. The number of hydrogen-bond acceptors (Lipinski definition) is 3. The highest BCUT2D eigenvalue weighted by molar-refractivity contribution is 7.13. The Hall–Kier alpha value is -0.570. The minimum Gasteiger partial charge on any atom is -0.359 e. The van der Waals surface area contributed by atoms with E-state index in [2.05, 4.69) is 36.5 Å². The summed E-state index contributed by atoms with van der Waals surface area (Å²) in [5.74, 6) is 0. The minimum atomic E-state index is 0.542. The summed E-state index contributed by atoms with van der Waals surface area (Å²) in [5.41, 5.74) is 1.19. The van der Waals surface area contributed by atoms with Gasteiger partial charge in [0.1, 0.15) is 0 Å². The minimum absolute atomic E-state index is 0.542. The van der Waals surface area contributed by atoms with Crippen molar-refractivity contribution in [2.75, 3.05) is 5.32 Å². The molecule has 1 aromatic rings. The third-order valence-corrected chi connectivity index (χ3v) is 2.83. The number of nitrogens with one attached hydrogen (secondary N) is 1. The molecule has 0 aromatic carbocycles. The summed E-state index contributed by atoms with van der Waals surface area (Å²) in [6.45, 7) is 6.54. The van der Waals surface area contributed by atoms with Crippen LogP contribution in [0.4, 0.5) is 5.13 Å². The fourth-order valence-corrected chi connectivity index (χ4v) is 2.16. The molecule has 13 heavy (non-hydrogen) atoms. The van der Waals surface area contributed by atoms with E-state index in [9.17, 15) is 0 Å². The van der Waals surface area contributed by atoms with Crippen LogP contribution in [0.15, 0.2) is 5.38 Å². The number of nitrogens with zero attached hydrogens (tertiary/aromatic N) is 1. The van der Waals surface area contributed by atoms with Gasteiger partial charge in [-0.15, -0.1) is 11.3 Å². The molecule has 1 aromatic heterocycles. The van der Waals surface area contributed by atoms with Crippen molar-refractivity contribution in [1.29, 1.82) is 0 Å². The van der Waals surface area contributed by atoms with Crippen molar-refractivity contribution >= 4 is 16.5 Å². The van der Waals surface area contributed by atoms with E-state index in [0.29, 0.717) is 6.04 Å². The average molecular weight is 198 g/mol. The molecular formula is C10H18N2S. The summed E-state index contributed by atoms with van der Waals surface area (Å²) < 4.78 is 0. The van der Waals surface area contributed by atoms with Crippen LogP contribution in [0.3, 0.4) is 0 Å². The van der Waals surface area contributed by atoms with Crippen molar-refractivity contribution < 1.29 is 0 Å². The normalized spacial score (nSPS) is 12.8. The molecule has 0 aliphatic heterocycles. The fraction of sp³-hybridized carbons (Fsp3) is 0.700. The van der Waals surface area contributed by atoms with Crippen LogP contribution in [0.25, 0.3) is 0 Å². The van der Waals surface area contributed by atoms with E-state index in [0.717, 1.165) is 11.6 Å². The Labute approximate surface area is 84.4 Å². The zero-order valence-corrected chi connectivity index (χ0v) is 9.45. The second-order valence-electron chi connectivity index (χ2n) is 3.33. The second kappa shape index (κ2) is 5.22. The molecule has 0 bridgehead atoms. The van der Waals surface area contributed by atoms with Crippen molar-refractivity contribution in [2.45, 2.75) is 46.1 Å². The van der Waals surface area contributed by atoms with E-state index in [1.54, 1.807) is 11.3 Å². The molecule has 0 fully saturated rings. The molecular weight excluding hydrogens is 180 g/mol. The van der Waals surface area contributed by atoms with Gasteiger partial charge in [0.25, 0.3) is 0 Å². The van der Waals surface area contributed by atoms with Gasteiger partial charge in [0, 0.05) is 11.4 Å². The standard InChI is InChI=1S/C10H18N2S/c1-4-6-8(3)11-10-12-9(5-2)7-13-10/h7-8H,4-6H2,1-3H3,(H,11,12). The maximum absolute atomic E-state index is 4.46. The zero-order chi connectivity index (χ0) is 9.68. The van der Waals surface area contributed by atoms with Gasteiger partial charge >= 0.3 is 0 Å². The highest BCUT2D eigenvalue weighted by Crippen LogP contribution is 2.17. The molecule has 0 radical (unpaired) electrons. The van der Waals surface area contributed by atoms with E-state index in [-0.39, 0.29) is 0 Å². The molecule has 1 heterocycles. The van der Waals surface area contributed by atoms with Crippen molar-refractivity contribution in [3.63, 3.8) is 0 Å². The monoisotopic (exact) mass is 198 g/mol. The first-order valence-corrected chi connectivity index (χ1v) is 5.85. The van der Waals surface area contributed by atoms with E-state index in [4.69, 9.17) is 0 Å². The predicted molar refractivity (Wildman–Crippen MR) is 59.5 cm³/mol. The van der Waals surface area contributed by atoms with Gasteiger partial charge in [-0.3, -0.25) is 0 Å². The van der Waals surface area contributed by atoms with Gasteiger partial charge in [0.05, 0.1) is 5.69 Å². The summed E-state index contributed by atoms with van der Waals surface area (Å²) in [4.78, 5) is 4.46. The summed E-state index contributed by atoms with van der Waals surface area (Å²) in [7, 11) is 0. The lowest BCUT2D eigenvalue weighted by Gasteiger charge is -2.10. The number of thiazole rings is 1. The van der Waals surface area contributed by atoms with E-state index >= 15 is 0 Å². The molecule has 0 amide bonds. The SMILES string of the molecule is CCCC(C)Nc1nc(CC)cs1. The molecule has 0 saturated heterocycles. The number of rotatable bonds is 5. The third-order valence-electron chi connectivity index (χ3n) is 2.01. The predicted octanol–water partition coefficient (Wildman–Crippen LogP) is 3.31. The quantitative estimate of drug-likeness (QED) is 0.785. The van der Waals surface area contributed by atoms with Crippen LogP contribution in [0.2, 0.25) is 0 Å². The zero-order valence-electron chi connectivity index (χ0n) is 8.63. The first-order valence-electron chi connectivity index (χ1n) is 4.97. The topological polar surface area (TPSA) is 24.9 Å². The first-order chi connectivity index (χ1) is 6.26. The van der Waals surface area contributed by atoms with Crippen molar-refractivity contribution in [2.24, 2.45) is 0 Å². The van der Waals surface area contributed by atoms with Gasteiger partial charge < -0.3 is 5.32 Å². The van der Waals surface area contributed by atoms with Crippen LogP contribution < -0.4 is 5.32 Å². The van der Waals surface area contributed by atoms with E-state index < -0.39 is 0 Å². The summed E-state index contributed by atoms with van der Waals surface area (Å²) in [6, 6.07) is 0.542. The van der Waals surface area contributed by atoms with Crippen LogP contribution in [0.1, 0.15) is 39.3 Å².